The van der Waals surface area contributed by atoms with E-state index in [2.05, 4.69) is 42.7 Å². The van der Waals surface area contributed by atoms with Crippen molar-refractivity contribution in [2.24, 2.45) is 0 Å². The summed E-state index contributed by atoms with van der Waals surface area (Å²) in [5.41, 5.74) is -0.137. The Bertz CT molecular complexity index is 560. The van der Waals surface area contributed by atoms with Gasteiger partial charge < -0.3 is 14.3 Å². The van der Waals surface area contributed by atoms with Gasteiger partial charge in [0, 0.05) is 39.3 Å². The minimum absolute atomic E-state index is 0.0632. The molecule has 8 heteroatoms. The lowest BCUT2D eigenvalue weighted by atomic mass is 9.99. The second-order valence-electron chi connectivity index (χ2n) is 6.98. The number of nitrogens with zero attached hydrogens (tertiary/aromatic N) is 5. The Kier molecular flexibility index (Phi) is 6.14. The summed E-state index contributed by atoms with van der Waals surface area (Å²) in [6.07, 6.45) is 0. The van der Waals surface area contributed by atoms with Crippen LogP contribution in [-0.4, -0.2) is 75.9 Å². The molecule has 2 amide bonds. The molecule has 24 heavy (non-hydrogen) atoms. The fraction of sp³-hybridized carbons (Fsp3) is 0.812. The molecule has 0 N–H and O–H groups in total. The number of hydrogen-bond acceptors (Lipinski definition) is 6. The van der Waals surface area contributed by atoms with E-state index in [1.54, 1.807) is 30.8 Å². The zero-order chi connectivity index (χ0) is 17.9. The highest BCUT2D eigenvalue weighted by molar-refractivity contribution is 7.99. The van der Waals surface area contributed by atoms with E-state index >= 15 is 0 Å². The summed E-state index contributed by atoms with van der Waals surface area (Å²) >= 11 is 1.80. The largest absolute Gasteiger partial charge is 0.338 e. The molecule has 1 aliphatic rings. The van der Waals surface area contributed by atoms with Gasteiger partial charge in [0.15, 0.2) is 5.82 Å². The second kappa shape index (κ2) is 7.74. The van der Waals surface area contributed by atoms with Crippen molar-refractivity contribution >= 4 is 17.8 Å². The van der Waals surface area contributed by atoms with Gasteiger partial charge in [-0.15, -0.1) is 0 Å². The van der Waals surface area contributed by atoms with Gasteiger partial charge >= 0.3 is 6.03 Å². The minimum Gasteiger partial charge on any atom is -0.338 e. The minimum atomic E-state index is -0.137. The predicted molar refractivity (Wildman–Crippen MR) is 96.0 cm³/mol. The molecular formula is C16H29N5O2S. The van der Waals surface area contributed by atoms with E-state index in [1.165, 1.54) is 0 Å². The van der Waals surface area contributed by atoms with Crippen molar-refractivity contribution in [1.82, 2.24) is 24.8 Å². The maximum atomic E-state index is 12.2. The summed E-state index contributed by atoms with van der Waals surface area (Å²) in [4.78, 5) is 22.6. The van der Waals surface area contributed by atoms with Crippen LogP contribution in [0.15, 0.2) is 4.52 Å². The number of hydrogen-bond donors (Lipinski definition) is 0. The standard InChI is InChI=1S/C16H29N5O2S/c1-7-24-12(2)14-17-13(23-18-14)10-21-9-8-20(11-16(21,3)4)15(22)19(5)6/h12H,7-11H2,1-6H3. The molecule has 1 aromatic rings. The van der Waals surface area contributed by atoms with E-state index in [0.29, 0.717) is 25.5 Å². The molecule has 1 fully saturated rings. The lowest BCUT2D eigenvalue weighted by Crippen LogP contribution is -2.61. The smallest absolute Gasteiger partial charge is 0.319 e. The third-order valence-corrected chi connectivity index (χ3v) is 5.36. The third kappa shape index (κ3) is 4.42. The first-order valence-electron chi connectivity index (χ1n) is 8.40. The van der Waals surface area contributed by atoms with Gasteiger partial charge in [0.2, 0.25) is 5.89 Å². The molecule has 1 atom stereocenters. The van der Waals surface area contributed by atoms with Crippen LogP contribution < -0.4 is 0 Å². The number of piperazine rings is 1. The van der Waals surface area contributed by atoms with Crippen LogP contribution >= 0.6 is 11.8 Å². The quantitative estimate of drug-likeness (QED) is 0.808. The lowest BCUT2D eigenvalue weighted by molar-refractivity contribution is 0.0180. The highest BCUT2D eigenvalue weighted by Crippen LogP contribution is 2.27. The van der Waals surface area contributed by atoms with Crippen LogP contribution in [0, 0.1) is 0 Å². The number of urea groups is 1. The van der Waals surface area contributed by atoms with Crippen molar-refractivity contribution in [3.63, 3.8) is 0 Å². The van der Waals surface area contributed by atoms with Crippen LogP contribution in [0.4, 0.5) is 4.79 Å². The zero-order valence-electron chi connectivity index (χ0n) is 15.6. The first kappa shape index (κ1) is 19.1. The average molecular weight is 356 g/mol. The molecule has 1 aromatic heterocycles. The first-order valence-corrected chi connectivity index (χ1v) is 9.45. The lowest BCUT2D eigenvalue weighted by Gasteiger charge is -2.47. The zero-order valence-corrected chi connectivity index (χ0v) is 16.4. The maximum Gasteiger partial charge on any atom is 0.319 e. The molecule has 2 heterocycles. The normalized spacial score (nSPS) is 19.3. The van der Waals surface area contributed by atoms with Crippen molar-refractivity contribution in [2.75, 3.05) is 39.5 Å². The van der Waals surface area contributed by atoms with Crippen LogP contribution in [-0.2, 0) is 6.54 Å². The third-order valence-electron chi connectivity index (χ3n) is 4.32. The van der Waals surface area contributed by atoms with Crippen LogP contribution in [0.5, 0.6) is 0 Å². The number of aromatic nitrogens is 2. The Morgan fingerprint density at radius 1 is 1.42 bits per heavy atom. The van der Waals surface area contributed by atoms with Gasteiger partial charge in [-0.2, -0.15) is 16.7 Å². The van der Waals surface area contributed by atoms with Gasteiger partial charge in [-0.05, 0) is 26.5 Å². The van der Waals surface area contributed by atoms with Crippen LogP contribution in [0.2, 0.25) is 0 Å². The van der Waals surface area contributed by atoms with Crippen molar-refractivity contribution in [3.05, 3.63) is 11.7 Å². The summed E-state index contributed by atoms with van der Waals surface area (Å²) in [7, 11) is 3.58. The summed E-state index contributed by atoms with van der Waals surface area (Å²) in [6, 6.07) is 0.0632. The van der Waals surface area contributed by atoms with Gasteiger partial charge in [-0.1, -0.05) is 12.1 Å². The Hall–Kier alpha value is -1.28. The summed E-state index contributed by atoms with van der Waals surface area (Å²) in [5.74, 6) is 2.44. The van der Waals surface area contributed by atoms with Crippen molar-refractivity contribution in [3.8, 4) is 0 Å². The molecule has 0 bridgehead atoms. The molecule has 0 saturated carbocycles. The molecule has 2 rings (SSSR count). The number of amides is 2. The SMILES string of the molecule is CCSC(C)c1noc(CN2CCN(C(=O)N(C)C)CC2(C)C)n1. The number of rotatable bonds is 5. The number of carbonyl (C=O) groups is 1. The molecule has 0 radical (unpaired) electrons. The molecular weight excluding hydrogens is 326 g/mol. The van der Waals surface area contributed by atoms with E-state index in [1.807, 2.05) is 4.90 Å². The van der Waals surface area contributed by atoms with Crippen molar-refractivity contribution in [2.45, 2.75) is 45.0 Å². The molecule has 0 spiro atoms. The Labute approximate surface area is 148 Å². The molecule has 136 valence electrons. The maximum absolute atomic E-state index is 12.2. The molecule has 7 nitrogen and oxygen atoms in total. The monoisotopic (exact) mass is 355 g/mol. The molecule has 1 unspecified atom stereocenters. The highest BCUT2D eigenvalue weighted by atomic mass is 32.2. The molecule has 0 aromatic carbocycles. The average Bonchev–Trinajstić information content (AvgIpc) is 2.97. The van der Waals surface area contributed by atoms with Gasteiger partial charge in [-0.25, -0.2) is 4.79 Å². The van der Waals surface area contributed by atoms with Crippen molar-refractivity contribution in [1.29, 1.82) is 0 Å². The Morgan fingerprint density at radius 3 is 2.71 bits per heavy atom. The van der Waals surface area contributed by atoms with E-state index in [4.69, 9.17) is 4.52 Å². The van der Waals surface area contributed by atoms with E-state index in [-0.39, 0.29) is 16.8 Å². The van der Waals surface area contributed by atoms with Gasteiger partial charge in [-0.3, -0.25) is 4.90 Å². The van der Waals surface area contributed by atoms with E-state index in [0.717, 1.165) is 18.1 Å². The topological polar surface area (TPSA) is 65.7 Å². The summed E-state index contributed by atoms with van der Waals surface area (Å²) in [5, 5.41) is 4.35. The van der Waals surface area contributed by atoms with E-state index < -0.39 is 0 Å². The number of carbonyl (C=O) groups excluding carboxylic acids is 1. The van der Waals surface area contributed by atoms with E-state index in [9.17, 15) is 4.79 Å². The van der Waals surface area contributed by atoms with Crippen molar-refractivity contribution < 1.29 is 9.32 Å². The van der Waals surface area contributed by atoms with Crippen LogP contribution in [0.25, 0.3) is 0 Å². The molecule has 1 aliphatic heterocycles. The second-order valence-corrected chi connectivity index (χ2v) is 8.59. The van der Waals surface area contributed by atoms with Gasteiger partial charge in [0.25, 0.3) is 0 Å². The predicted octanol–water partition coefficient (Wildman–Crippen LogP) is 2.46. The van der Waals surface area contributed by atoms with Gasteiger partial charge in [0.05, 0.1) is 11.8 Å². The summed E-state index contributed by atoms with van der Waals surface area (Å²) < 4.78 is 5.44. The van der Waals surface area contributed by atoms with Crippen LogP contribution in [0.3, 0.4) is 0 Å². The molecule has 0 aliphatic carbocycles. The molecule has 1 saturated heterocycles. The fourth-order valence-electron chi connectivity index (χ4n) is 2.91. The first-order chi connectivity index (χ1) is 11.2. The fourth-order valence-corrected chi connectivity index (χ4v) is 3.66. The van der Waals surface area contributed by atoms with Crippen LogP contribution in [0.1, 0.15) is 44.7 Å². The highest BCUT2D eigenvalue weighted by Gasteiger charge is 2.36. The Balaban J connectivity index is 2.00. The van der Waals surface area contributed by atoms with Gasteiger partial charge in [0.1, 0.15) is 0 Å². The Morgan fingerprint density at radius 2 is 2.12 bits per heavy atom. The summed E-state index contributed by atoms with van der Waals surface area (Å²) in [6.45, 7) is 11.3. The number of thioether (sulfide) groups is 1.